The van der Waals surface area contributed by atoms with Crippen LogP contribution in [0.2, 0.25) is 0 Å². The van der Waals surface area contributed by atoms with Crippen LogP contribution in [-0.2, 0) is 25.3 Å². The first-order valence-electron chi connectivity index (χ1n) is 9.28. The molecule has 1 amide bonds. The number of halogens is 1. The van der Waals surface area contributed by atoms with Gasteiger partial charge < -0.3 is 20.5 Å². The number of anilines is 1. The molecule has 0 heterocycles. The Morgan fingerprint density at radius 1 is 1.34 bits per heavy atom. The lowest BCUT2D eigenvalue weighted by Gasteiger charge is -2.25. The molecule has 1 rings (SSSR count). The van der Waals surface area contributed by atoms with Crippen LogP contribution in [0, 0.1) is 6.92 Å². The fraction of sp³-hybridized carbons (Fsp3) is 0.579. The number of ether oxygens (including phenoxy) is 1. The molecule has 0 bridgehead atoms. The smallest absolute Gasteiger partial charge is 0.320 e. The molecule has 0 aliphatic carbocycles. The molecule has 2 unspecified atom stereocenters. The molecule has 1 aromatic carbocycles. The maximum atomic E-state index is 12.0. The van der Waals surface area contributed by atoms with E-state index in [2.05, 4.69) is 6.92 Å². The molecule has 0 saturated carbocycles. The van der Waals surface area contributed by atoms with E-state index in [1.165, 1.54) is 6.66 Å². The predicted molar refractivity (Wildman–Crippen MR) is 116 cm³/mol. The van der Waals surface area contributed by atoms with Gasteiger partial charge in [-0.1, -0.05) is 25.1 Å². The number of rotatable bonds is 10. The molecular formula is C19H32ClN2O6P. The third-order valence-electron chi connectivity index (χ3n) is 3.98. The summed E-state index contributed by atoms with van der Waals surface area (Å²) in [6, 6.07) is 5.00. The second kappa shape index (κ2) is 13.7. The molecule has 0 aliphatic rings. The zero-order valence-electron chi connectivity index (χ0n) is 17.4. The SMILES string of the molecule is CCOCN(C(=O)CCl)c1c(C)cccc1CC.CP(=O)(O)CCC(N)C(=O)O. The fourth-order valence-corrected chi connectivity index (χ4v) is 3.31. The lowest BCUT2D eigenvalue weighted by molar-refractivity contribution is -0.138. The number of benzene rings is 1. The summed E-state index contributed by atoms with van der Waals surface area (Å²) in [6.07, 6.45) is 0.870. The first kappa shape index (κ1) is 27.6. The van der Waals surface area contributed by atoms with Gasteiger partial charge in [-0.25, -0.2) is 0 Å². The number of carbonyl (C=O) groups excluding carboxylic acids is 1. The Hall–Kier alpha value is -1.44. The van der Waals surface area contributed by atoms with Gasteiger partial charge in [-0.2, -0.15) is 0 Å². The standard InChI is InChI=1S/C14H20ClNO2.C5H12NO4P/c1-4-12-8-6-7-11(3)14(12)16(10-18-5-2)13(17)9-15;1-11(9,10)3-2-4(6)5(7)8/h6-8H,4-5,9-10H2,1-3H3;4H,2-3,6H2,1H3,(H,7,8)(H,9,10). The zero-order valence-corrected chi connectivity index (χ0v) is 19.1. The summed E-state index contributed by atoms with van der Waals surface area (Å²) in [7, 11) is -3.10. The highest BCUT2D eigenvalue weighted by Gasteiger charge is 2.19. The van der Waals surface area contributed by atoms with Gasteiger partial charge in [0.2, 0.25) is 5.91 Å². The normalized spacial score (nSPS) is 13.6. The molecule has 0 radical (unpaired) electrons. The van der Waals surface area contributed by atoms with Crippen LogP contribution in [0.1, 0.15) is 31.4 Å². The van der Waals surface area contributed by atoms with Gasteiger partial charge in [0, 0.05) is 19.4 Å². The summed E-state index contributed by atoms with van der Waals surface area (Å²) >= 11 is 5.68. The number of amides is 1. The van der Waals surface area contributed by atoms with E-state index in [-0.39, 0.29) is 31.1 Å². The van der Waals surface area contributed by atoms with Crippen molar-refractivity contribution in [2.45, 2.75) is 39.7 Å². The van der Waals surface area contributed by atoms with E-state index in [1.807, 2.05) is 32.0 Å². The topological polar surface area (TPSA) is 130 Å². The molecule has 0 spiro atoms. The molecule has 2 atom stereocenters. The minimum Gasteiger partial charge on any atom is -0.480 e. The van der Waals surface area contributed by atoms with E-state index in [0.717, 1.165) is 23.2 Å². The summed E-state index contributed by atoms with van der Waals surface area (Å²) in [4.78, 5) is 32.5. The van der Waals surface area contributed by atoms with Crippen molar-refractivity contribution in [3.05, 3.63) is 29.3 Å². The van der Waals surface area contributed by atoms with Crippen LogP contribution in [-0.4, -0.2) is 60.0 Å². The van der Waals surface area contributed by atoms with E-state index in [4.69, 9.17) is 32.1 Å². The minimum absolute atomic E-state index is 0.0371. The van der Waals surface area contributed by atoms with Crippen molar-refractivity contribution in [3.63, 3.8) is 0 Å². The largest absolute Gasteiger partial charge is 0.480 e. The number of carboxylic acids is 1. The van der Waals surface area contributed by atoms with Crippen molar-refractivity contribution in [3.8, 4) is 0 Å². The average molecular weight is 451 g/mol. The molecular weight excluding hydrogens is 419 g/mol. The van der Waals surface area contributed by atoms with Crippen LogP contribution < -0.4 is 10.6 Å². The van der Waals surface area contributed by atoms with Crippen LogP contribution in [0.5, 0.6) is 0 Å². The van der Waals surface area contributed by atoms with E-state index < -0.39 is 19.4 Å². The Morgan fingerprint density at radius 2 is 1.97 bits per heavy atom. The molecule has 166 valence electrons. The van der Waals surface area contributed by atoms with Crippen molar-refractivity contribution < 1.29 is 28.9 Å². The Bertz CT molecular complexity index is 710. The number of aryl methyl sites for hydroxylation is 2. The van der Waals surface area contributed by atoms with E-state index in [0.29, 0.717) is 6.61 Å². The van der Waals surface area contributed by atoms with Gasteiger partial charge in [0.25, 0.3) is 0 Å². The van der Waals surface area contributed by atoms with Gasteiger partial charge in [0.1, 0.15) is 18.7 Å². The van der Waals surface area contributed by atoms with Gasteiger partial charge >= 0.3 is 5.97 Å². The molecule has 1 aromatic rings. The average Bonchev–Trinajstić information content (AvgIpc) is 2.66. The maximum Gasteiger partial charge on any atom is 0.320 e. The first-order chi connectivity index (χ1) is 13.5. The lowest BCUT2D eigenvalue weighted by atomic mass is 10.0. The van der Waals surface area contributed by atoms with Gasteiger partial charge in [-0.05, 0) is 37.8 Å². The highest BCUT2D eigenvalue weighted by Crippen LogP contribution is 2.35. The van der Waals surface area contributed by atoms with Crippen molar-refractivity contribution >= 4 is 36.5 Å². The number of carboxylic acid groups (broad SMARTS) is 1. The quantitative estimate of drug-likeness (QED) is 0.284. The number of para-hydroxylation sites is 1. The molecule has 0 aliphatic heterocycles. The number of nitrogens with two attached hydrogens (primary N) is 1. The van der Waals surface area contributed by atoms with Crippen LogP contribution in [0.3, 0.4) is 0 Å². The lowest BCUT2D eigenvalue weighted by Crippen LogP contribution is -2.35. The Morgan fingerprint density at radius 3 is 2.41 bits per heavy atom. The molecule has 0 saturated heterocycles. The number of aliphatic carboxylic acids is 1. The number of alkyl halides is 1. The second-order valence-corrected chi connectivity index (χ2v) is 9.34. The highest BCUT2D eigenvalue weighted by atomic mass is 35.5. The van der Waals surface area contributed by atoms with E-state index in [1.54, 1.807) is 4.90 Å². The number of hydrogen-bond acceptors (Lipinski definition) is 5. The van der Waals surface area contributed by atoms with E-state index in [9.17, 15) is 14.2 Å². The third-order valence-corrected chi connectivity index (χ3v) is 5.30. The first-order valence-corrected chi connectivity index (χ1v) is 12.1. The number of carbonyl (C=O) groups is 2. The monoisotopic (exact) mass is 450 g/mol. The fourth-order valence-electron chi connectivity index (χ4n) is 2.41. The summed E-state index contributed by atoms with van der Waals surface area (Å²) in [5.74, 6) is -1.31. The van der Waals surface area contributed by atoms with Crippen molar-refractivity contribution in [2.75, 3.05) is 36.9 Å². The van der Waals surface area contributed by atoms with Crippen LogP contribution in [0.4, 0.5) is 5.69 Å². The van der Waals surface area contributed by atoms with Gasteiger partial charge in [-0.3, -0.25) is 19.1 Å². The number of nitrogens with zero attached hydrogens (tertiary/aromatic N) is 1. The van der Waals surface area contributed by atoms with Crippen LogP contribution in [0.15, 0.2) is 18.2 Å². The summed E-state index contributed by atoms with van der Waals surface area (Å²) in [5.41, 5.74) is 8.22. The van der Waals surface area contributed by atoms with Crippen LogP contribution >= 0.6 is 19.0 Å². The summed E-state index contributed by atoms with van der Waals surface area (Å²) < 4.78 is 16.0. The maximum absolute atomic E-state index is 12.0. The molecule has 29 heavy (non-hydrogen) atoms. The van der Waals surface area contributed by atoms with Gasteiger partial charge in [0.15, 0.2) is 7.37 Å². The molecule has 4 N–H and O–H groups in total. The summed E-state index contributed by atoms with van der Waals surface area (Å²) in [5, 5.41) is 8.28. The van der Waals surface area contributed by atoms with Gasteiger partial charge in [-0.15, -0.1) is 11.6 Å². The molecule has 0 fully saturated rings. The molecule has 8 nitrogen and oxygen atoms in total. The Kier molecular flexibility index (Phi) is 13.0. The Labute approximate surface area is 177 Å². The highest BCUT2D eigenvalue weighted by molar-refractivity contribution is 7.57. The van der Waals surface area contributed by atoms with Gasteiger partial charge in [0.05, 0.1) is 5.69 Å². The number of hydrogen-bond donors (Lipinski definition) is 3. The predicted octanol–water partition coefficient (Wildman–Crippen LogP) is 2.81. The molecule has 10 heteroatoms. The van der Waals surface area contributed by atoms with Crippen molar-refractivity contribution in [2.24, 2.45) is 5.73 Å². The van der Waals surface area contributed by atoms with E-state index >= 15 is 0 Å². The Balaban J connectivity index is 0.000000614. The molecule has 0 aromatic heterocycles. The van der Waals surface area contributed by atoms with Crippen molar-refractivity contribution in [1.82, 2.24) is 0 Å². The summed E-state index contributed by atoms with van der Waals surface area (Å²) in [6.45, 7) is 7.97. The third kappa shape index (κ3) is 10.8. The second-order valence-electron chi connectivity index (χ2n) is 6.52. The minimum atomic E-state index is -3.10. The van der Waals surface area contributed by atoms with Crippen molar-refractivity contribution in [1.29, 1.82) is 0 Å². The van der Waals surface area contributed by atoms with Crippen LogP contribution in [0.25, 0.3) is 0 Å². The zero-order chi connectivity index (χ0) is 22.6.